The van der Waals surface area contributed by atoms with Gasteiger partial charge in [-0.05, 0) is 18.2 Å². The summed E-state index contributed by atoms with van der Waals surface area (Å²) in [6.07, 6.45) is 2.87. The summed E-state index contributed by atoms with van der Waals surface area (Å²) in [5.41, 5.74) is 0.369. The summed E-state index contributed by atoms with van der Waals surface area (Å²) >= 11 is 0. The number of ether oxygens (including phenoxy) is 1. The van der Waals surface area contributed by atoms with Crippen LogP contribution in [0.4, 0.5) is 4.39 Å². The van der Waals surface area contributed by atoms with E-state index in [0.717, 1.165) is 0 Å². The van der Waals surface area contributed by atoms with E-state index in [9.17, 15) is 9.50 Å². The van der Waals surface area contributed by atoms with E-state index in [1.807, 2.05) is 4.57 Å². The van der Waals surface area contributed by atoms with Crippen molar-refractivity contribution in [1.82, 2.24) is 14.9 Å². The van der Waals surface area contributed by atoms with Gasteiger partial charge in [0.25, 0.3) is 0 Å². The van der Waals surface area contributed by atoms with Crippen LogP contribution in [0.2, 0.25) is 0 Å². The van der Waals surface area contributed by atoms with Gasteiger partial charge in [-0.2, -0.15) is 0 Å². The Kier molecular flexibility index (Phi) is 3.42. The minimum atomic E-state index is -0.503. The second-order valence-electron chi connectivity index (χ2n) is 4.80. The molecule has 20 heavy (non-hydrogen) atoms. The summed E-state index contributed by atoms with van der Waals surface area (Å²) in [5.74, 6) is 0.703. The molecule has 1 fully saturated rings. The number of aliphatic hydroxyl groups excluding tert-OH is 1. The van der Waals surface area contributed by atoms with Gasteiger partial charge in [0.15, 0.2) is 0 Å². The van der Waals surface area contributed by atoms with E-state index in [4.69, 9.17) is 4.74 Å². The van der Waals surface area contributed by atoms with Crippen LogP contribution in [0.15, 0.2) is 30.6 Å². The number of nitrogens with zero attached hydrogens (tertiary/aromatic N) is 2. The monoisotopic (exact) mass is 277 g/mol. The molecule has 1 aromatic heterocycles. The molecule has 0 bridgehead atoms. The molecule has 1 aliphatic rings. The summed E-state index contributed by atoms with van der Waals surface area (Å²) in [6, 6.07) is 4.40. The summed E-state index contributed by atoms with van der Waals surface area (Å²) in [5, 5.41) is 13.1. The summed E-state index contributed by atoms with van der Waals surface area (Å²) < 4.78 is 21.0. The molecule has 2 aromatic rings. The van der Waals surface area contributed by atoms with Gasteiger partial charge < -0.3 is 19.7 Å². The molecule has 3 rings (SSSR count). The normalized spacial score (nSPS) is 22.1. The van der Waals surface area contributed by atoms with Crippen molar-refractivity contribution in [2.75, 3.05) is 20.2 Å². The molecule has 0 radical (unpaired) electrons. The number of nitrogens with one attached hydrogen (secondary N) is 1. The highest BCUT2D eigenvalue weighted by Crippen LogP contribution is 2.29. The van der Waals surface area contributed by atoms with Crippen LogP contribution in [0, 0.1) is 5.82 Å². The third kappa shape index (κ3) is 2.17. The van der Waals surface area contributed by atoms with Crippen molar-refractivity contribution in [2.45, 2.75) is 12.1 Å². The van der Waals surface area contributed by atoms with Crippen LogP contribution in [0.3, 0.4) is 0 Å². The topological polar surface area (TPSA) is 59.3 Å². The van der Waals surface area contributed by atoms with Gasteiger partial charge in [-0.15, -0.1) is 0 Å². The van der Waals surface area contributed by atoms with E-state index >= 15 is 0 Å². The third-order valence-electron chi connectivity index (χ3n) is 3.59. The Balaban J connectivity index is 2.05. The number of aromatic nitrogens is 2. The van der Waals surface area contributed by atoms with Crippen LogP contribution in [0.1, 0.15) is 6.04 Å². The van der Waals surface area contributed by atoms with Gasteiger partial charge in [0.1, 0.15) is 17.4 Å². The molecule has 6 heteroatoms. The Labute approximate surface area is 116 Å². The van der Waals surface area contributed by atoms with Crippen molar-refractivity contribution in [3.63, 3.8) is 0 Å². The molecule has 0 aliphatic carbocycles. The molecule has 2 heterocycles. The number of hydrogen-bond donors (Lipinski definition) is 2. The SMILES string of the molecule is COc1ccc(F)c(-c2nccn2[C@@H]2CNC[C@@H]2O)c1. The number of hydrogen-bond acceptors (Lipinski definition) is 4. The number of aliphatic hydroxyl groups is 1. The van der Waals surface area contributed by atoms with E-state index in [0.29, 0.717) is 30.2 Å². The van der Waals surface area contributed by atoms with Gasteiger partial charge in [-0.1, -0.05) is 0 Å². The first-order chi connectivity index (χ1) is 9.70. The Bertz CT molecular complexity index is 614. The van der Waals surface area contributed by atoms with E-state index < -0.39 is 6.10 Å². The number of rotatable bonds is 3. The van der Waals surface area contributed by atoms with E-state index in [2.05, 4.69) is 10.3 Å². The molecule has 2 N–H and O–H groups in total. The maximum absolute atomic E-state index is 14.0. The molecule has 1 aromatic carbocycles. The van der Waals surface area contributed by atoms with Gasteiger partial charge in [0, 0.05) is 25.5 Å². The fourth-order valence-electron chi connectivity index (χ4n) is 2.53. The zero-order valence-corrected chi connectivity index (χ0v) is 11.1. The van der Waals surface area contributed by atoms with Crippen molar-refractivity contribution in [2.24, 2.45) is 0 Å². The van der Waals surface area contributed by atoms with Crippen molar-refractivity contribution in [1.29, 1.82) is 0 Å². The molecule has 1 saturated heterocycles. The van der Waals surface area contributed by atoms with Crippen LogP contribution in [-0.2, 0) is 0 Å². The summed E-state index contributed by atoms with van der Waals surface area (Å²) in [6.45, 7) is 1.17. The molecular formula is C14H16FN3O2. The van der Waals surface area contributed by atoms with Crippen LogP contribution in [-0.4, -0.2) is 41.0 Å². The summed E-state index contributed by atoms with van der Waals surface area (Å²) in [4.78, 5) is 4.23. The first-order valence-corrected chi connectivity index (χ1v) is 6.46. The lowest BCUT2D eigenvalue weighted by Gasteiger charge is -2.18. The summed E-state index contributed by atoms with van der Waals surface area (Å²) in [7, 11) is 1.54. The lowest BCUT2D eigenvalue weighted by molar-refractivity contribution is 0.151. The molecule has 0 spiro atoms. The largest absolute Gasteiger partial charge is 0.497 e. The average Bonchev–Trinajstić information content (AvgIpc) is 3.07. The predicted octanol–water partition coefficient (Wildman–Crippen LogP) is 1.20. The van der Waals surface area contributed by atoms with E-state index in [1.165, 1.54) is 13.2 Å². The Morgan fingerprint density at radius 2 is 2.30 bits per heavy atom. The lowest BCUT2D eigenvalue weighted by Crippen LogP contribution is -2.22. The van der Waals surface area contributed by atoms with Gasteiger partial charge in [-0.25, -0.2) is 9.37 Å². The van der Waals surface area contributed by atoms with Crippen molar-refractivity contribution in [3.8, 4) is 17.1 Å². The second kappa shape index (κ2) is 5.22. The van der Waals surface area contributed by atoms with Gasteiger partial charge in [0.05, 0.1) is 24.8 Å². The van der Waals surface area contributed by atoms with Gasteiger partial charge in [-0.3, -0.25) is 0 Å². The number of benzene rings is 1. The predicted molar refractivity (Wildman–Crippen MR) is 72.1 cm³/mol. The quantitative estimate of drug-likeness (QED) is 0.885. The van der Waals surface area contributed by atoms with Crippen molar-refractivity contribution in [3.05, 3.63) is 36.4 Å². The zero-order valence-electron chi connectivity index (χ0n) is 11.1. The number of methoxy groups -OCH3 is 1. The lowest BCUT2D eigenvalue weighted by atomic mass is 10.1. The second-order valence-corrected chi connectivity index (χ2v) is 4.80. The van der Waals surface area contributed by atoms with Crippen LogP contribution >= 0.6 is 0 Å². The maximum atomic E-state index is 14.0. The van der Waals surface area contributed by atoms with Crippen LogP contribution in [0.25, 0.3) is 11.4 Å². The highest BCUT2D eigenvalue weighted by Gasteiger charge is 2.28. The molecule has 0 unspecified atom stereocenters. The highest BCUT2D eigenvalue weighted by atomic mass is 19.1. The standard InChI is InChI=1S/C14H16FN3O2/c1-20-9-2-3-11(15)10(6-9)14-17-4-5-18(14)12-7-16-8-13(12)19/h2-6,12-13,16,19H,7-8H2,1H3/t12-,13+/m1/s1. The molecule has 2 atom stereocenters. The average molecular weight is 277 g/mol. The Hall–Kier alpha value is -1.92. The molecule has 0 amide bonds. The molecule has 106 valence electrons. The van der Waals surface area contributed by atoms with Gasteiger partial charge in [0.2, 0.25) is 0 Å². The highest BCUT2D eigenvalue weighted by molar-refractivity contribution is 5.59. The van der Waals surface area contributed by atoms with Crippen molar-refractivity contribution >= 4 is 0 Å². The fraction of sp³-hybridized carbons (Fsp3) is 0.357. The first-order valence-electron chi connectivity index (χ1n) is 6.46. The number of β-amino-alcohol motifs (C(OH)–C–C–N with tert-alkyl or cyclic N) is 1. The fourth-order valence-corrected chi connectivity index (χ4v) is 2.53. The van der Waals surface area contributed by atoms with Crippen LogP contribution < -0.4 is 10.1 Å². The Morgan fingerprint density at radius 1 is 1.45 bits per heavy atom. The molecular weight excluding hydrogens is 261 g/mol. The molecule has 0 saturated carbocycles. The van der Waals surface area contributed by atoms with Crippen LogP contribution in [0.5, 0.6) is 5.75 Å². The minimum Gasteiger partial charge on any atom is -0.497 e. The molecule has 1 aliphatic heterocycles. The number of imidazole rings is 1. The first kappa shape index (κ1) is 13.1. The Morgan fingerprint density at radius 3 is 3.00 bits per heavy atom. The third-order valence-corrected chi connectivity index (χ3v) is 3.59. The van der Waals surface area contributed by atoms with E-state index in [-0.39, 0.29) is 11.9 Å². The molecule has 5 nitrogen and oxygen atoms in total. The van der Waals surface area contributed by atoms with Gasteiger partial charge >= 0.3 is 0 Å². The van der Waals surface area contributed by atoms with Crippen molar-refractivity contribution < 1.29 is 14.2 Å². The zero-order chi connectivity index (χ0) is 14.1. The number of halogens is 1. The minimum absolute atomic E-state index is 0.141. The maximum Gasteiger partial charge on any atom is 0.143 e. The van der Waals surface area contributed by atoms with E-state index in [1.54, 1.807) is 24.5 Å². The smallest absolute Gasteiger partial charge is 0.143 e.